The maximum Gasteiger partial charge on any atom is 0.181 e. The molecule has 2 aliphatic rings. The largest absolute Gasteiger partial charge is 0.477 e. The average Bonchev–Trinajstić information content (AvgIpc) is 2.54. The number of rotatable bonds is 4. The van der Waals surface area contributed by atoms with E-state index in [2.05, 4.69) is 27.6 Å². The molecule has 1 fully saturated rings. The third-order valence-corrected chi connectivity index (χ3v) is 5.33. The number of nitrogens with zero attached hydrogens (tertiary/aromatic N) is 1. The van der Waals surface area contributed by atoms with Gasteiger partial charge in [0, 0.05) is 23.3 Å². The van der Waals surface area contributed by atoms with Crippen LogP contribution in [0, 0.1) is 11.7 Å². The number of aliphatic imine (C=N–C) groups is 1. The zero-order valence-electron chi connectivity index (χ0n) is 13.0. The first-order valence-corrected chi connectivity index (χ1v) is 9.36. The quantitative estimate of drug-likeness (QED) is 0.528. The van der Waals surface area contributed by atoms with E-state index in [0.717, 1.165) is 10.8 Å². The second kappa shape index (κ2) is 7.01. The molecule has 1 aromatic rings. The molecule has 2 aliphatic heterocycles. The fraction of sp³-hybridized carbons (Fsp3) is 0.588. The van der Waals surface area contributed by atoms with E-state index in [4.69, 9.17) is 9.47 Å². The smallest absolute Gasteiger partial charge is 0.181 e. The van der Waals surface area contributed by atoms with Gasteiger partial charge in [0.1, 0.15) is 24.1 Å². The zero-order chi connectivity index (χ0) is 16.4. The first kappa shape index (κ1) is 17.1. The SMILES string of the molecule is CC1=N[C@](CF)(c2ccccc2F)[C@H]2[C@H](CCI)OCC[C@H]2O1. The Bertz CT molecular complexity index is 596. The van der Waals surface area contributed by atoms with Crippen molar-refractivity contribution in [3.63, 3.8) is 0 Å². The predicted octanol–water partition coefficient (Wildman–Crippen LogP) is 4.04. The van der Waals surface area contributed by atoms with E-state index in [-0.39, 0.29) is 18.1 Å². The first-order valence-electron chi connectivity index (χ1n) is 7.84. The summed E-state index contributed by atoms with van der Waals surface area (Å²) in [6, 6.07) is 6.32. The van der Waals surface area contributed by atoms with Gasteiger partial charge in [-0.25, -0.2) is 13.8 Å². The highest BCUT2D eigenvalue weighted by molar-refractivity contribution is 14.1. The van der Waals surface area contributed by atoms with Crippen molar-refractivity contribution >= 4 is 28.5 Å². The van der Waals surface area contributed by atoms with Crippen LogP contribution in [0.25, 0.3) is 0 Å². The summed E-state index contributed by atoms with van der Waals surface area (Å²) in [4.78, 5) is 4.48. The van der Waals surface area contributed by atoms with Crippen molar-refractivity contribution in [1.82, 2.24) is 0 Å². The van der Waals surface area contributed by atoms with Crippen LogP contribution in [0.5, 0.6) is 0 Å². The Kier molecular flexibility index (Phi) is 5.20. The maximum absolute atomic E-state index is 14.5. The summed E-state index contributed by atoms with van der Waals surface area (Å²) in [5.41, 5.74) is -0.973. The third kappa shape index (κ3) is 2.99. The summed E-state index contributed by atoms with van der Waals surface area (Å²) in [6.45, 7) is 1.52. The molecule has 1 aromatic carbocycles. The summed E-state index contributed by atoms with van der Waals surface area (Å²) >= 11 is 2.28. The van der Waals surface area contributed by atoms with Crippen LogP contribution in [-0.4, -0.2) is 35.8 Å². The molecule has 0 saturated carbocycles. The molecule has 23 heavy (non-hydrogen) atoms. The number of hydrogen-bond donors (Lipinski definition) is 0. The van der Waals surface area contributed by atoms with Gasteiger partial charge in [-0.2, -0.15) is 0 Å². The standard InChI is InChI=1S/C17H20F2INO2/c1-11-21-17(10-18,12-4-2-3-5-13(12)19)16-14(6-8-20)22-9-7-15(16)23-11/h2-5,14-16H,6-10H2,1H3/t14-,15+,16-,17+/m0/s1. The number of alkyl halides is 2. The number of benzene rings is 1. The topological polar surface area (TPSA) is 30.8 Å². The van der Waals surface area contributed by atoms with E-state index in [9.17, 15) is 8.78 Å². The molecular formula is C17H20F2INO2. The van der Waals surface area contributed by atoms with Crippen LogP contribution >= 0.6 is 22.6 Å². The van der Waals surface area contributed by atoms with Crippen LogP contribution in [0.2, 0.25) is 0 Å². The maximum atomic E-state index is 14.5. The monoisotopic (exact) mass is 435 g/mol. The zero-order valence-corrected chi connectivity index (χ0v) is 15.1. The summed E-state index contributed by atoms with van der Waals surface area (Å²) in [7, 11) is 0. The Morgan fingerprint density at radius 3 is 2.87 bits per heavy atom. The lowest BCUT2D eigenvalue weighted by molar-refractivity contribution is -0.128. The van der Waals surface area contributed by atoms with Gasteiger partial charge in [-0.15, -0.1) is 0 Å². The highest BCUT2D eigenvalue weighted by Gasteiger charge is 2.54. The Balaban J connectivity index is 2.14. The first-order chi connectivity index (χ1) is 11.1. The summed E-state index contributed by atoms with van der Waals surface area (Å²) in [5, 5.41) is 0. The minimum absolute atomic E-state index is 0.183. The second-order valence-corrected chi connectivity index (χ2v) is 7.10. The highest BCUT2D eigenvalue weighted by Crippen LogP contribution is 2.47. The summed E-state index contributed by atoms with van der Waals surface area (Å²) in [5.74, 6) is -0.333. The van der Waals surface area contributed by atoms with Crippen molar-refractivity contribution in [1.29, 1.82) is 0 Å². The van der Waals surface area contributed by atoms with Crippen LogP contribution in [0.3, 0.4) is 0 Å². The van der Waals surface area contributed by atoms with Crippen molar-refractivity contribution in [2.45, 2.75) is 37.5 Å². The van der Waals surface area contributed by atoms with Gasteiger partial charge in [-0.05, 0) is 12.5 Å². The van der Waals surface area contributed by atoms with Crippen LogP contribution < -0.4 is 0 Å². The Morgan fingerprint density at radius 1 is 1.39 bits per heavy atom. The fourth-order valence-corrected chi connectivity index (χ4v) is 4.43. The van der Waals surface area contributed by atoms with Crippen molar-refractivity contribution < 1.29 is 18.3 Å². The van der Waals surface area contributed by atoms with E-state index >= 15 is 0 Å². The lowest BCUT2D eigenvalue weighted by Gasteiger charge is -2.49. The van der Waals surface area contributed by atoms with E-state index in [1.54, 1.807) is 25.1 Å². The molecule has 0 amide bonds. The molecule has 3 nitrogen and oxygen atoms in total. The van der Waals surface area contributed by atoms with Gasteiger partial charge < -0.3 is 9.47 Å². The van der Waals surface area contributed by atoms with Crippen LogP contribution in [0.1, 0.15) is 25.3 Å². The van der Waals surface area contributed by atoms with Gasteiger partial charge in [0.05, 0.1) is 18.6 Å². The highest BCUT2D eigenvalue weighted by atomic mass is 127. The summed E-state index contributed by atoms with van der Waals surface area (Å²) < 4.78 is 41.5. The van der Waals surface area contributed by atoms with E-state index in [1.807, 2.05) is 0 Å². The van der Waals surface area contributed by atoms with Crippen molar-refractivity contribution in [3.05, 3.63) is 35.6 Å². The normalized spacial score (nSPS) is 33.6. The lowest BCUT2D eigenvalue weighted by atomic mass is 9.70. The van der Waals surface area contributed by atoms with Gasteiger partial charge in [0.2, 0.25) is 0 Å². The molecule has 3 rings (SSSR count). The minimum atomic E-state index is -1.27. The molecule has 0 unspecified atom stereocenters. The van der Waals surface area contributed by atoms with Crippen molar-refractivity contribution in [3.8, 4) is 0 Å². The molecular weight excluding hydrogens is 415 g/mol. The van der Waals surface area contributed by atoms with Gasteiger partial charge in [-0.3, -0.25) is 0 Å². The van der Waals surface area contributed by atoms with E-state index < -0.39 is 18.0 Å². The van der Waals surface area contributed by atoms with Crippen LogP contribution in [0.15, 0.2) is 29.3 Å². The number of halogens is 3. The molecule has 2 heterocycles. The predicted molar refractivity (Wildman–Crippen MR) is 93.4 cm³/mol. The minimum Gasteiger partial charge on any atom is -0.477 e. The van der Waals surface area contributed by atoms with Crippen LogP contribution in [-0.2, 0) is 15.0 Å². The molecule has 0 radical (unpaired) electrons. The van der Waals surface area contributed by atoms with Gasteiger partial charge >= 0.3 is 0 Å². The Labute approximate surface area is 148 Å². The number of fused-ring (bicyclic) bond motifs is 1. The third-order valence-electron chi connectivity index (χ3n) is 4.70. The number of hydrogen-bond acceptors (Lipinski definition) is 3. The molecule has 0 bridgehead atoms. The summed E-state index contributed by atoms with van der Waals surface area (Å²) in [6.07, 6.45) is 1.07. The van der Waals surface area contributed by atoms with Crippen molar-refractivity contribution in [2.24, 2.45) is 10.9 Å². The number of ether oxygens (including phenoxy) is 2. The van der Waals surface area contributed by atoms with E-state index in [1.165, 1.54) is 6.07 Å². The molecule has 4 atom stereocenters. The molecule has 6 heteroatoms. The lowest BCUT2D eigenvalue weighted by Crippen LogP contribution is -2.57. The van der Waals surface area contributed by atoms with Gasteiger partial charge in [0.25, 0.3) is 0 Å². The molecule has 1 saturated heterocycles. The molecule has 0 aromatic heterocycles. The molecule has 0 N–H and O–H groups in total. The van der Waals surface area contributed by atoms with Crippen molar-refractivity contribution in [2.75, 3.05) is 17.7 Å². The van der Waals surface area contributed by atoms with Gasteiger partial charge in [-0.1, -0.05) is 40.8 Å². The second-order valence-electron chi connectivity index (χ2n) is 6.03. The molecule has 0 aliphatic carbocycles. The molecule has 0 spiro atoms. The fourth-order valence-electron chi connectivity index (χ4n) is 3.82. The Morgan fingerprint density at radius 2 is 2.17 bits per heavy atom. The Hall–Kier alpha value is -0.760. The average molecular weight is 435 g/mol. The van der Waals surface area contributed by atoms with Gasteiger partial charge in [0.15, 0.2) is 5.90 Å². The van der Waals surface area contributed by atoms with E-state index in [0.29, 0.717) is 24.5 Å². The molecule has 126 valence electrons. The van der Waals surface area contributed by atoms with Crippen LogP contribution in [0.4, 0.5) is 8.78 Å².